The van der Waals surface area contributed by atoms with Crippen LogP contribution in [-0.4, -0.2) is 16.5 Å². The molecule has 1 saturated carbocycles. The minimum Gasteiger partial charge on any atom is -0.349 e. The summed E-state index contributed by atoms with van der Waals surface area (Å²) in [4.78, 5) is 12.3. The average Bonchev–Trinajstić information content (AvgIpc) is 3.52. The Labute approximate surface area is 166 Å². The van der Waals surface area contributed by atoms with Crippen LogP contribution in [0, 0.1) is 0 Å². The average molecular weight is 370 g/mol. The first-order valence-electron chi connectivity index (χ1n) is 10.5. The van der Waals surface area contributed by atoms with E-state index in [-0.39, 0.29) is 5.91 Å². The van der Waals surface area contributed by atoms with E-state index in [4.69, 9.17) is 0 Å². The van der Waals surface area contributed by atoms with Crippen molar-refractivity contribution in [3.8, 4) is 16.9 Å². The van der Waals surface area contributed by atoms with Gasteiger partial charge in [0.2, 0.25) is 0 Å². The largest absolute Gasteiger partial charge is 0.349 e. The van der Waals surface area contributed by atoms with Crippen LogP contribution in [-0.2, 0) is 12.8 Å². The Balaban J connectivity index is 1.56. The third-order valence-electron chi connectivity index (χ3n) is 5.92. The van der Waals surface area contributed by atoms with Gasteiger partial charge in [0, 0.05) is 23.0 Å². The van der Waals surface area contributed by atoms with E-state index >= 15 is 0 Å². The Morgan fingerprint density at radius 3 is 2.39 bits per heavy atom. The Hall–Kier alpha value is -2.81. The Bertz CT molecular complexity index is 981. The summed E-state index contributed by atoms with van der Waals surface area (Å²) in [6.45, 7) is 0. The van der Waals surface area contributed by atoms with Crippen LogP contribution >= 0.6 is 0 Å². The summed E-state index contributed by atoms with van der Waals surface area (Å²) < 4.78 is 2.42. The van der Waals surface area contributed by atoms with Gasteiger partial charge in [-0.2, -0.15) is 0 Å². The van der Waals surface area contributed by atoms with Crippen molar-refractivity contribution in [2.45, 2.75) is 51.0 Å². The van der Waals surface area contributed by atoms with E-state index in [0.717, 1.165) is 36.9 Å². The van der Waals surface area contributed by atoms with E-state index in [0.29, 0.717) is 6.04 Å². The molecule has 0 bridgehead atoms. The van der Waals surface area contributed by atoms with E-state index < -0.39 is 0 Å². The molecule has 0 saturated heterocycles. The van der Waals surface area contributed by atoms with Crippen LogP contribution in [0.15, 0.2) is 60.7 Å². The topological polar surface area (TPSA) is 34.0 Å². The van der Waals surface area contributed by atoms with Gasteiger partial charge in [-0.05, 0) is 80.0 Å². The highest BCUT2D eigenvalue weighted by Gasteiger charge is 2.24. The van der Waals surface area contributed by atoms with E-state index in [9.17, 15) is 4.79 Å². The molecular formula is C25H26N2O. The summed E-state index contributed by atoms with van der Waals surface area (Å²) in [7, 11) is 0. The molecule has 2 aromatic carbocycles. The molecule has 1 fully saturated rings. The van der Waals surface area contributed by atoms with Crippen molar-refractivity contribution >= 4 is 5.91 Å². The molecule has 5 rings (SSSR count). The zero-order valence-electron chi connectivity index (χ0n) is 16.2. The van der Waals surface area contributed by atoms with Gasteiger partial charge in [-0.15, -0.1) is 0 Å². The number of nitrogens with zero attached hydrogens (tertiary/aromatic N) is 1. The zero-order valence-corrected chi connectivity index (χ0v) is 16.2. The van der Waals surface area contributed by atoms with Crippen LogP contribution in [0.3, 0.4) is 0 Å². The summed E-state index contributed by atoms with van der Waals surface area (Å²) in [5.74, 6) is 0.0451. The van der Waals surface area contributed by atoms with E-state index in [1.165, 1.54) is 41.8 Å². The van der Waals surface area contributed by atoms with Crippen molar-refractivity contribution in [2.24, 2.45) is 0 Å². The molecule has 3 nitrogen and oxygen atoms in total. The molecule has 2 aliphatic carbocycles. The van der Waals surface area contributed by atoms with Crippen molar-refractivity contribution in [1.82, 2.24) is 9.88 Å². The molecule has 0 aliphatic heterocycles. The van der Waals surface area contributed by atoms with Crippen molar-refractivity contribution in [3.05, 3.63) is 77.5 Å². The normalized spacial score (nSPS) is 16.3. The summed E-state index contributed by atoms with van der Waals surface area (Å²) in [6, 6.07) is 21.5. The maximum absolute atomic E-state index is 12.3. The van der Waals surface area contributed by atoms with Crippen LogP contribution in [0.4, 0.5) is 0 Å². The second kappa shape index (κ2) is 7.31. The molecule has 1 aromatic heterocycles. The maximum atomic E-state index is 12.3. The van der Waals surface area contributed by atoms with Crippen molar-refractivity contribution in [1.29, 1.82) is 0 Å². The number of amides is 1. The predicted octanol–water partition coefficient (Wildman–Crippen LogP) is 5.31. The first-order valence-corrected chi connectivity index (χ1v) is 10.5. The molecule has 1 heterocycles. The van der Waals surface area contributed by atoms with Gasteiger partial charge in [0.1, 0.15) is 0 Å². The van der Waals surface area contributed by atoms with Crippen LogP contribution in [0.25, 0.3) is 16.9 Å². The van der Waals surface area contributed by atoms with Gasteiger partial charge in [-0.3, -0.25) is 4.79 Å². The Morgan fingerprint density at radius 1 is 0.893 bits per heavy atom. The van der Waals surface area contributed by atoms with Crippen molar-refractivity contribution in [3.63, 3.8) is 0 Å². The highest BCUT2D eigenvalue weighted by molar-refractivity contribution is 5.94. The molecule has 0 atom stereocenters. The second-order valence-electron chi connectivity index (χ2n) is 8.06. The highest BCUT2D eigenvalue weighted by Crippen LogP contribution is 2.33. The van der Waals surface area contributed by atoms with Gasteiger partial charge in [0.15, 0.2) is 0 Å². The van der Waals surface area contributed by atoms with Gasteiger partial charge in [-0.1, -0.05) is 36.8 Å². The third kappa shape index (κ3) is 3.37. The first kappa shape index (κ1) is 17.3. The van der Waals surface area contributed by atoms with E-state index in [1.807, 2.05) is 12.1 Å². The maximum Gasteiger partial charge on any atom is 0.251 e. The second-order valence-corrected chi connectivity index (χ2v) is 8.06. The molecule has 0 unspecified atom stereocenters. The van der Waals surface area contributed by atoms with Gasteiger partial charge < -0.3 is 9.88 Å². The lowest BCUT2D eigenvalue weighted by Crippen LogP contribution is -2.25. The Morgan fingerprint density at radius 2 is 1.64 bits per heavy atom. The van der Waals surface area contributed by atoms with E-state index in [1.54, 1.807) is 0 Å². The van der Waals surface area contributed by atoms with Crippen LogP contribution in [0.5, 0.6) is 0 Å². The highest BCUT2D eigenvalue weighted by atomic mass is 16.1. The summed E-state index contributed by atoms with van der Waals surface area (Å²) in [5.41, 5.74) is 7.30. The van der Waals surface area contributed by atoms with Gasteiger partial charge in [0.05, 0.1) is 5.69 Å². The van der Waals surface area contributed by atoms with Crippen molar-refractivity contribution < 1.29 is 4.79 Å². The van der Waals surface area contributed by atoms with Crippen LogP contribution in [0.1, 0.15) is 53.7 Å². The quantitative estimate of drug-likeness (QED) is 0.621. The fraction of sp³-hybridized carbons (Fsp3) is 0.320. The van der Waals surface area contributed by atoms with Gasteiger partial charge in [-0.25, -0.2) is 0 Å². The molecule has 1 amide bonds. The minimum atomic E-state index is 0.0451. The molecule has 0 spiro atoms. The molecule has 28 heavy (non-hydrogen) atoms. The smallest absolute Gasteiger partial charge is 0.251 e. The number of carbonyl (C=O) groups is 1. The number of aryl methyl sites for hydroxylation is 1. The molecule has 1 N–H and O–H groups in total. The molecule has 3 aromatic rings. The van der Waals surface area contributed by atoms with Crippen molar-refractivity contribution in [2.75, 3.05) is 0 Å². The third-order valence-corrected chi connectivity index (χ3v) is 5.92. The number of nitrogens with one attached hydrogen (secondary N) is 1. The Kier molecular flexibility index (Phi) is 4.52. The number of hydrogen-bond donors (Lipinski definition) is 1. The number of aromatic nitrogens is 1. The molecule has 0 radical (unpaired) electrons. The summed E-state index contributed by atoms with van der Waals surface area (Å²) in [5, 5.41) is 3.07. The summed E-state index contributed by atoms with van der Waals surface area (Å²) in [6.07, 6.45) is 8.31. The number of fused-ring (bicyclic) bond motifs is 1. The monoisotopic (exact) mass is 370 g/mol. The van der Waals surface area contributed by atoms with Crippen LogP contribution in [0.2, 0.25) is 0 Å². The molecule has 3 heteroatoms. The number of benzene rings is 2. The fourth-order valence-electron chi connectivity index (χ4n) is 4.25. The lowest BCUT2D eigenvalue weighted by Gasteiger charge is -2.15. The lowest BCUT2D eigenvalue weighted by molar-refractivity contribution is 0.0951. The van der Waals surface area contributed by atoms with Gasteiger partial charge >= 0.3 is 0 Å². The van der Waals surface area contributed by atoms with E-state index in [2.05, 4.69) is 58.4 Å². The standard InChI is InChI=1S/C25H26N2O/c28-25(26-21-13-14-21)19-11-15-22(16-12-19)27-23-10-6-2-5-9-20(23)17-24(27)18-7-3-1-4-8-18/h1,3-4,7-8,11-12,15-17,21H,2,5-6,9-10,13-14H2,(H,26,28). The van der Waals surface area contributed by atoms with Gasteiger partial charge in [0.25, 0.3) is 5.91 Å². The molecular weight excluding hydrogens is 344 g/mol. The van der Waals surface area contributed by atoms with Crippen LogP contribution < -0.4 is 5.32 Å². The fourth-order valence-corrected chi connectivity index (χ4v) is 4.25. The molecule has 2 aliphatic rings. The number of carbonyl (C=O) groups excluding carboxylic acids is 1. The minimum absolute atomic E-state index is 0.0451. The predicted molar refractivity (Wildman–Crippen MR) is 113 cm³/mol. The number of hydrogen-bond acceptors (Lipinski definition) is 1. The summed E-state index contributed by atoms with van der Waals surface area (Å²) >= 11 is 0. The zero-order chi connectivity index (χ0) is 18.9. The SMILES string of the molecule is O=C(NC1CC1)c1ccc(-n2c(-c3ccccc3)cc3c2CCCCC3)cc1. The number of rotatable bonds is 4. The molecule has 142 valence electrons. The first-order chi connectivity index (χ1) is 13.8. The lowest BCUT2D eigenvalue weighted by atomic mass is 10.1.